The molecule has 28 nitrogen and oxygen atoms in total. The molecule has 3 amide bonds. The fraction of sp³-hybridized carbons (Fsp3) is 0.760. The molecule has 7 atom stereocenters. The van der Waals surface area contributed by atoms with Crippen LogP contribution in [0.5, 0.6) is 0 Å². The van der Waals surface area contributed by atoms with Crippen LogP contribution in [0.15, 0.2) is 71.3 Å². The second-order valence-electron chi connectivity index (χ2n) is 42.5. The lowest BCUT2D eigenvalue weighted by Gasteiger charge is -2.36. The van der Waals surface area contributed by atoms with Gasteiger partial charge in [0.25, 0.3) is 0 Å². The van der Waals surface area contributed by atoms with E-state index in [0.717, 1.165) is 59.4 Å². The van der Waals surface area contributed by atoms with E-state index in [1.54, 1.807) is 13.4 Å². The van der Waals surface area contributed by atoms with Gasteiger partial charge in [0, 0.05) is 97.4 Å². The molecule has 2 aliphatic carbocycles. The van der Waals surface area contributed by atoms with Gasteiger partial charge in [0.2, 0.25) is 12.3 Å². The molecule has 132 heavy (non-hydrogen) atoms. The van der Waals surface area contributed by atoms with Gasteiger partial charge in [-0.3, -0.25) is 28.8 Å². The second-order valence-corrected chi connectivity index (χ2v) is 61.7. The minimum Gasteiger partial charge on any atom is -0.480 e. The predicted octanol–water partition coefficient (Wildman–Crippen LogP) is 19.1. The van der Waals surface area contributed by atoms with Crippen LogP contribution in [0.4, 0.5) is 4.79 Å². The van der Waals surface area contributed by atoms with Crippen molar-refractivity contribution in [2.24, 2.45) is 40.9 Å². The Hall–Kier alpha value is -5.93. The zero-order chi connectivity index (χ0) is 103. The molecule has 1 aromatic heterocycles. The minimum absolute atomic E-state index is 0.0221. The molecule has 0 radical (unpaired) electrons. The SMILES string of the molecule is CC(C)(C)[Si](C)(C)OCC[C@H](N)C(=O)O.CC(C)(C)[Si](C)(C)OCC[C@H](NC(=O)OCC1c2ccccc2-c2ccccc21)C(=O)O.CC(C)C1CCCCC1.CC(C)CC(=O)[C@@H](N)CCO[Si](C)(C)C(C)(C)C.CC(C)CC(=O)[C@H](CCO[Si](C)(C)C(C)(C)C)NC=O.CC(C)c1ccco1.CCCC(O)[C@H](CCO)NC(C)=O.COCCN(C)C(C)C.N[C@@H](CCO)C(=O)O. The summed E-state index contributed by atoms with van der Waals surface area (Å²) in [5.41, 5.74) is 20.8. The Bertz CT molecular complexity index is 3560. The van der Waals surface area contributed by atoms with E-state index in [9.17, 15) is 48.6 Å². The van der Waals surface area contributed by atoms with Gasteiger partial charge in [0.05, 0.1) is 37.1 Å². The first-order valence-corrected chi connectivity index (χ1v) is 59.6. The summed E-state index contributed by atoms with van der Waals surface area (Å²) in [5, 5.41) is 60.9. The highest BCUT2D eigenvalue weighted by Gasteiger charge is 2.41. The number of carbonyl (C=O) groups is 8. The van der Waals surface area contributed by atoms with Crippen molar-refractivity contribution in [3.63, 3.8) is 0 Å². The number of methoxy groups -OCH3 is 1. The number of alkyl carbamates (subject to hydrolysis) is 1. The largest absolute Gasteiger partial charge is 0.480 e. The van der Waals surface area contributed by atoms with Crippen LogP contribution in [-0.4, -0.2) is 239 Å². The van der Waals surface area contributed by atoms with Crippen LogP contribution in [-0.2, 0) is 60.7 Å². The molecule has 768 valence electrons. The number of hydrogen-bond donors (Lipinski definition) is 12. The van der Waals surface area contributed by atoms with Crippen molar-refractivity contribution in [3.05, 3.63) is 83.8 Å². The van der Waals surface area contributed by atoms with Gasteiger partial charge in [0.1, 0.15) is 36.3 Å². The number of aliphatic hydroxyl groups excluding tert-OH is 3. The molecule has 32 heteroatoms. The normalized spacial score (nSPS) is 14.7. The Balaban J connectivity index is -0.000000729. The van der Waals surface area contributed by atoms with Crippen LogP contribution in [0.2, 0.25) is 72.5 Å². The highest BCUT2D eigenvalue weighted by molar-refractivity contribution is 6.75. The number of aliphatic hydroxyl groups is 3. The van der Waals surface area contributed by atoms with E-state index in [-0.39, 0.29) is 94.9 Å². The Morgan fingerprint density at radius 3 is 1.25 bits per heavy atom. The van der Waals surface area contributed by atoms with E-state index in [2.05, 4.69) is 217 Å². The maximum Gasteiger partial charge on any atom is 0.407 e. The summed E-state index contributed by atoms with van der Waals surface area (Å²) in [6.45, 7) is 71.7. The summed E-state index contributed by atoms with van der Waals surface area (Å²) in [4.78, 5) is 91.8. The topological polar surface area (TPSA) is 444 Å². The van der Waals surface area contributed by atoms with Gasteiger partial charge in [-0.25, -0.2) is 9.59 Å². The number of furan rings is 1. The quantitative estimate of drug-likeness (QED) is 0.0185. The maximum atomic E-state index is 12.4. The van der Waals surface area contributed by atoms with Crippen LogP contribution in [0.1, 0.15) is 291 Å². The van der Waals surface area contributed by atoms with Crippen LogP contribution < -0.4 is 33.2 Å². The number of nitrogens with two attached hydrogens (primary N) is 3. The average molecular weight is 1940 g/mol. The van der Waals surface area contributed by atoms with Crippen molar-refractivity contribution < 1.29 is 101 Å². The molecule has 0 aliphatic heterocycles. The molecule has 1 fully saturated rings. The lowest BCUT2D eigenvalue weighted by molar-refractivity contribution is -0.140. The van der Waals surface area contributed by atoms with Gasteiger partial charge in [-0.1, -0.05) is 232 Å². The van der Waals surface area contributed by atoms with E-state index in [1.165, 1.54) is 39.0 Å². The first-order chi connectivity index (χ1) is 60.7. The number of amides is 3. The van der Waals surface area contributed by atoms with Gasteiger partial charge in [-0.2, -0.15) is 0 Å². The van der Waals surface area contributed by atoms with Gasteiger partial charge >= 0.3 is 24.0 Å². The fourth-order valence-corrected chi connectivity index (χ4v) is 16.1. The molecular weight excluding hydrogens is 1750 g/mol. The molecule has 3 aromatic rings. The highest BCUT2D eigenvalue weighted by Crippen LogP contribution is 2.45. The summed E-state index contributed by atoms with van der Waals surface area (Å²) < 4.78 is 39.4. The number of carboxylic acids is 3. The van der Waals surface area contributed by atoms with Gasteiger partial charge in [-0.05, 0) is 190 Å². The average Bonchev–Trinajstić information content (AvgIpc) is 1.61. The third-order valence-corrected chi connectivity index (χ3v) is 43.3. The number of nitrogens with zero attached hydrogens (tertiary/aromatic N) is 1. The van der Waals surface area contributed by atoms with Crippen molar-refractivity contribution in [1.82, 2.24) is 20.9 Å². The second kappa shape index (κ2) is 67.4. The van der Waals surface area contributed by atoms with Crippen molar-refractivity contribution in [2.45, 2.75) is 395 Å². The van der Waals surface area contributed by atoms with Crippen molar-refractivity contribution in [2.75, 3.05) is 73.6 Å². The maximum absolute atomic E-state index is 12.4. The number of nitrogens with one attached hydrogen (secondary N) is 3. The molecule has 1 heterocycles. The van der Waals surface area contributed by atoms with Crippen molar-refractivity contribution >= 4 is 81.2 Å². The van der Waals surface area contributed by atoms with Gasteiger partial charge < -0.3 is 100 Å². The van der Waals surface area contributed by atoms with E-state index in [1.807, 2.05) is 83.1 Å². The third kappa shape index (κ3) is 58.0. The Kier molecular flexibility index (Phi) is 67.5. The van der Waals surface area contributed by atoms with Crippen LogP contribution in [0.3, 0.4) is 0 Å². The molecule has 0 saturated heterocycles. The summed E-state index contributed by atoms with van der Waals surface area (Å²) in [7, 11) is -3.40. The summed E-state index contributed by atoms with van der Waals surface area (Å²) >= 11 is 0. The van der Waals surface area contributed by atoms with Crippen molar-refractivity contribution in [3.8, 4) is 11.1 Å². The molecule has 0 bridgehead atoms. The van der Waals surface area contributed by atoms with E-state index in [4.69, 9.17) is 69.2 Å². The fourth-order valence-electron chi connectivity index (χ4n) is 11.9. The van der Waals surface area contributed by atoms with Crippen LogP contribution in [0, 0.1) is 23.7 Å². The zero-order valence-corrected chi connectivity index (χ0v) is 92.5. The van der Waals surface area contributed by atoms with Gasteiger partial charge in [0.15, 0.2) is 39.1 Å². The zero-order valence-electron chi connectivity index (χ0n) is 88.5. The molecule has 0 spiro atoms. The summed E-state index contributed by atoms with van der Waals surface area (Å²) in [6, 6.07) is 16.8. The predicted molar refractivity (Wildman–Crippen MR) is 548 cm³/mol. The number of fused-ring (bicyclic) bond motifs is 3. The van der Waals surface area contributed by atoms with Crippen LogP contribution in [0.25, 0.3) is 11.1 Å². The number of hydrogen-bond acceptors (Lipinski definition) is 22. The number of carbonyl (C=O) groups excluding carboxylic acids is 5. The number of ether oxygens (including phenoxy) is 2. The molecule has 2 aliphatic rings. The minimum atomic E-state index is -1.98. The smallest absolute Gasteiger partial charge is 0.407 e. The third-order valence-electron chi connectivity index (χ3n) is 25.2. The molecule has 5 rings (SSSR count). The first kappa shape index (κ1) is 132. The lowest BCUT2D eigenvalue weighted by Crippen LogP contribution is -2.45. The molecule has 15 N–H and O–H groups in total. The monoisotopic (exact) mass is 1940 g/mol. The van der Waals surface area contributed by atoms with E-state index >= 15 is 0 Å². The molecule has 1 saturated carbocycles. The van der Waals surface area contributed by atoms with Crippen LogP contribution >= 0.6 is 0 Å². The summed E-state index contributed by atoms with van der Waals surface area (Å²) in [5.74, 6) is 1.12. The highest BCUT2D eigenvalue weighted by atomic mass is 28.4. The molecule has 2 aromatic carbocycles. The standard InChI is InChI=1S/C25H33NO5Si.C15H31NO3Si.C14H31NO2Si.C10H23NO3Si.C9H19NO3.C9H18.C7H17NO.C7H10O.C4H9NO3/c1-25(2,3)32(4,5)31-15-14-22(23(27)28)26-24(29)30-16-21-19-12-8-6-10-17(19)18-11-7-9-13-20(18)21;1-12(2)10-14(18)13(16-11-17)8-9-19-20(6,7)15(3,4)5;1-11(2)10-13(16)12(15)8-9-17-18(6,7)14(3,4)5;1-10(2,3)15(4,5)14-7-6-8(11)9(12)13;1-3-4-9(13)8(5-6-11)10-7(2)12;1-8(2)9-6-4-3-5-7-9;1-7(2)8(3)5-6-9-4;1-6(2)7-4-3-5-8-7;5-3(1-2-6)4(7)8/h6-13,21-22H,14-16H2,1-5H3,(H,26,29)(H,27,28);11-13H,8-10H2,1-7H3,(H,16,17);11-12H,8-10,15H2,1-7H3;8H,6-7,11H2,1-5H3,(H,12,13);8-9,11,13H,3-6H2,1-2H3,(H,10,12);8-9H,3-7H2,1-2H3;7H,5-6H2,1-4H3;3-6H,1-2H3;3,6H,1-2,5H2,(H,7,8)/t22-;13-;12-;8-;8-,9?;;;;3-/m00000...0/s1. The Morgan fingerprint density at radius 1 is 0.530 bits per heavy atom. The number of aliphatic carboxylic acids is 3. The number of benzene rings is 2. The van der Waals surface area contributed by atoms with E-state index in [0.29, 0.717) is 95.0 Å². The number of carboxylic acid groups (broad SMARTS) is 3. The number of likely N-dealkylation sites (N-methyl/N-ethyl adjacent to an activating group) is 1. The number of rotatable bonds is 44. The number of ketones is 2. The Morgan fingerprint density at radius 2 is 0.932 bits per heavy atom. The lowest BCUT2D eigenvalue weighted by atomic mass is 9.82. The van der Waals surface area contributed by atoms with Gasteiger partial charge in [-0.15, -0.1) is 0 Å². The first-order valence-electron chi connectivity index (χ1n) is 47.9. The molecule has 1 unspecified atom stereocenters. The summed E-state index contributed by atoms with van der Waals surface area (Å²) in [6.07, 6.45) is 13.3. The molecular formula is C100H191N7O21Si4. The number of Topliss-reactive ketones (excluding diaryl/α,β-unsaturated/α-hetero) is 2. The van der Waals surface area contributed by atoms with Crippen molar-refractivity contribution in [1.29, 1.82) is 0 Å². The van der Waals surface area contributed by atoms with E-state index < -0.39 is 87.5 Å². The Labute approximate surface area is 802 Å².